The number of rotatable bonds is 3. The normalized spacial score (nSPS) is 34.3. The topological polar surface area (TPSA) is 43.4 Å². The van der Waals surface area contributed by atoms with E-state index in [2.05, 4.69) is 0 Å². The van der Waals surface area contributed by atoms with E-state index in [0.29, 0.717) is 12.2 Å². The summed E-state index contributed by atoms with van der Waals surface area (Å²) in [5.41, 5.74) is -0.327. The van der Waals surface area contributed by atoms with E-state index in [1.165, 1.54) is 7.11 Å². The summed E-state index contributed by atoms with van der Waals surface area (Å²) >= 11 is 1.65. The highest BCUT2D eigenvalue weighted by atomic mass is 32.2. The summed E-state index contributed by atoms with van der Waals surface area (Å²) < 4.78 is 5.08. The van der Waals surface area contributed by atoms with Crippen molar-refractivity contribution in [3.05, 3.63) is 30.3 Å². The fraction of sp³-hybridized carbons (Fsp3) is 0.556. The largest absolute Gasteiger partial charge is 0.469 e. The van der Waals surface area contributed by atoms with Gasteiger partial charge in [0.05, 0.1) is 13.0 Å². The first-order valence-corrected chi connectivity index (χ1v) is 8.77. The van der Waals surface area contributed by atoms with Crippen LogP contribution in [0, 0.1) is 17.3 Å². The third-order valence-corrected chi connectivity index (χ3v) is 6.70. The van der Waals surface area contributed by atoms with Crippen LogP contribution in [0.1, 0.15) is 32.6 Å². The van der Waals surface area contributed by atoms with Gasteiger partial charge in [-0.15, -0.1) is 11.8 Å². The molecule has 0 amide bonds. The molecule has 2 saturated carbocycles. The number of esters is 1. The van der Waals surface area contributed by atoms with E-state index >= 15 is 0 Å². The van der Waals surface area contributed by atoms with Crippen molar-refractivity contribution in [2.75, 3.05) is 7.11 Å². The number of carbonyl (C=O) groups is 2. The van der Waals surface area contributed by atoms with Crippen LogP contribution in [0.5, 0.6) is 0 Å². The second kappa shape index (κ2) is 6.07. The van der Waals surface area contributed by atoms with Gasteiger partial charge in [0.15, 0.2) is 0 Å². The van der Waals surface area contributed by atoms with Gasteiger partial charge in [-0.05, 0) is 30.9 Å². The molecule has 0 N–H and O–H groups in total. The molecule has 4 atom stereocenters. The van der Waals surface area contributed by atoms with Gasteiger partial charge in [-0.2, -0.15) is 0 Å². The molecule has 3 nitrogen and oxygen atoms in total. The molecule has 1 unspecified atom stereocenters. The van der Waals surface area contributed by atoms with Crippen LogP contribution in [0.2, 0.25) is 0 Å². The zero-order valence-electron chi connectivity index (χ0n) is 13.1. The summed E-state index contributed by atoms with van der Waals surface area (Å²) in [5, 5.41) is -0.0153. The molecule has 0 spiro atoms. The fourth-order valence-electron chi connectivity index (χ4n) is 4.16. The zero-order valence-corrected chi connectivity index (χ0v) is 13.9. The number of hydrogen-bond donors (Lipinski definition) is 0. The standard InChI is InChI=1S/C18H22O3S/c1-18-10-6-9-13(18)16(17(20)21-2)14(11-15(18)19)22-12-7-4-3-5-8-12/h3-5,7-8,13-14,16H,6,9-11H2,1-2H3/t13-,14?,16-,18+/m1/s1. The van der Waals surface area contributed by atoms with Crippen LogP contribution in [0.3, 0.4) is 0 Å². The van der Waals surface area contributed by atoms with Crippen LogP contribution >= 0.6 is 11.8 Å². The molecule has 0 radical (unpaired) electrons. The maximum atomic E-state index is 12.7. The Bertz CT molecular complexity index is 571. The molecule has 0 aromatic heterocycles. The maximum absolute atomic E-state index is 12.7. The minimum atomic E-state index is -0.327. The van der Waals surface area contributed by atoms with E-state index in [1.54, 1.807) is 11.8 Å². The average molecular weight is 318 g/mol. The van der Waals surface area contributed by atoms with Crippen molar-refractivity contribution in [2.24, 2.45) is 17.3 Å². The summed E-state index contributed by atoms with van der Waals surface area (Å²) in [6.07, 6.45) is 3.36. The highest BCUT2D eigenvalue weighted by molar-refractivity contribution is 8.00. The molecule has 0 bridgehead atoms. The molecule has 2 aliphatic carbocycles. The minimum absolute atomic E-state index is 0.0153. The van der Waals surface area contributed by atoms with E-state index in [0.717, 1.165) is 24.2 Å². The number of carbonyl (C=O) groups excluding carboxylic acids is 2. The Kier molecular flexibility index (Phi) is 4.31. The van der Waals surface area contributed by atoms with E-state index in [1.807, 2.05) is 37.3 Å². The number of ether oxygens (including phenoxy) is 1. The molecule has 3 rings (SSSR count). The molecule has 2 fully saturated rings. The predicted octanol–water partition coefficient (Wildman–Crippen LogP) is 3.72. The zero-order chi connectivity index (χ0) is 15.7. The molecule has 0 saturated heterocycles. The first kappa shape index (κ1) is 15.6. The Hall–Kier alpha value is -1.29. The second-order valence-electron chi connectivity index (χ2n) is 6.56. The Labute approximate surface area is 135 Å². The lowest BCUT2D eigenvalue weighted by molar-refractivity contribution is -0.153. The lowest BCUT2D eigenvalue weighted by Crippen LogP contribution is -2.49. The van der Waals surface area contributed by atoms with E-state index < -0.39 is 0 Å². The lowest BCUT2D eigenvalue weighted by atomic mass is 9.63. The Morgan fingerprint density at radius 1 is 1.32 bits per heavy atom. The molecule has 4 heteroatoms. The summed E-state index contributed by atoms with van der Waals surface area (Å²) in [4.78, 5) is 26.2. The van der Waals surface area contributed by atoms with Crippen LogP contribution in [0.4, 0.5) is 0 Å². The predicted molar refractivity (Wildman–Crippen MR) is 86.7 cm³/mol. The van der Waals surface area contributed by atoms with Crippen molar-refractivity contribution in [3.63, 3.8) is 0 Å². The number of methoxy groups -OCH3 is 1. The van der Waals surface area contributed by atoms with Crippen molar-refractivity contribution >= 4 is 23.5 Å². The summed E-state index contributed by atoms with van der Waals surface area (Å²) in [6.45, 7) is 2.05. The number of thioether (sulfide) groups is 1. The minimum Gasteiger partial charge on any atom is -0.469 e. The monoisotopic (exact) mass is 318 g/mol. The van der Waals surface area contributed by atoms with Crippen LogP contribution in [-0.2, 0) is 14.3 Å². The molecule has 1 aromatic rings. The van der Waals surface area contributed by atoms with Crippen molar-refractivity contribution in [3.8, 4) is 0 Å². The van der Waals surface area contributed by atoms with Crippen molar-refractivity contribution in [1.29, 1.82) is 0 Å². The van der Waals surface area contributed by atoms with Crippen LogP contribution in [-0.4, -0.2) is 24.1 Å². The maximum Gasteiger partial charge on any atom is 0.310 e. The van der Waals surface area contributed by atoms with E-state index in [9.17, 15) is 9.59 Å². The smallest absolute Gasteiger partial charge is 0.310 e. The second-order valence-corrected chi connectivity index (χ2v) is 7.87. The quantitative estimate of drug-likeness (QED) is 0.797. The Morgan fingerprint density at radius 2 is 2.05 bits per heavy atom. The molecule has 118 valence electrons. The number of fused-ring (bicyclic) bond motifs is 1. The van der Waals surface area contributed by atoms with Gasteiger partial charge in [0.2, 0.25) is 0 Å². The van der Waals surface area contributed by atoms with Gasteiger partial charge < -0.3 is 4.74 Å². The molecule has 0 aliphatic heterocycles. The van der Waals surface area contributed by atoms with Gasteiger partial charge in [0.25, 0.3) is 0 Å². The van der Waals surface area contributed by atoms with E-state index in [-0.39, 0.29) is 28.5 Å². The van der Waals surface area contributed by atoms with Gasteiger partial charge in [0, 0.05) is 22.0 Å². The van der Waals surface area contributed by atoms with Gasteiger partial charge in [0.1, 0.15) is 5.78 Å². The number of ketones is 1. The number of hydrogen-bond acceptors (Lipinski definition) is 4. The van der Waals surface area contributed by atoms with Gasteiger partial charge in [-0.1, -0.05) is 31.5 Å². The van der Waals surface area contributed by atoms with Crippen LogP contribution in [0.15, 0.2) is 35.2 Å². The summed E-state index contributed by atoms with van der Waals surface area (Å²) in [7, 11) is 1.45. The first-order valence-electron chi connectivity index (χ1n) is 7.89. The van der Waals surface area contributed by atoms with Gasteiger partial charge in [-0.25, -0.2) is 0 Å². The first-order chi connectivity index (χ1) is 10.6. The third kappa shape index (κ3) is 2.58. The molecule has 22 heavy (non-hydrogen) atoms. The van der Waals surface area contributed by atoms with Gasteiger partial charge >= 0.3 is 5.97 Å². The lowest BCUT2D eigenvalue weighted by Gasteiger charge is -2.43. The third-order valence-electron chi connectivity index (χ3n) is 5.39. The molecule has 2 aliphatic rings. The van der Waals surface area contributed by atoms with Crippen molar-refractivity contribution in [2.45, 2.75) is 42.8 Å². The molecule has 0 heterocycles. The molecule has 1 aromatic carbocycles. The highest BCUT2D eigenvalue weighted by Gasteiger charge is 2.56. The number of Topliss-reactive ketones (excluding diaryl/α,β-unsaturated/α-hetero) is 1. The van der Waals surface area contributed by atoms with E-state index in [4.69, 9.17) is 4.74 Å². The molecular formula is C18H22O3S. The summed E-state index contributed by atoms with van der Waals surface area (Å²) in [5.74, 6) is 0.116. The Morgan fingerprint density at radius 3 is 2.73 bits per heavy atom. The van der Waals surface area contributed by atoms with Crippen LogP contribution < -0.4 is 0 Å². The van der Waals surface area contributed by atoms with Gasteiger partial charge in [-0.3, -0.25) is 9.59 Å². The SMILES string of the molecule is COC(=O)[C@H]1C(Sc2ccccc2)CC(=O)[C@@]2(C)CCC[C@H]12. The highest BCUT2D eigenvalue weighted by Crippen LogP contribution is 2.55. The molecular weight excluding hydrogens is 296 g/mol. The Balaban J connectivity index is 1.90. The van der Waals surface area contributed by atoms with Crippen molar-refractivity contribution < 1.29 is 14.3 Å². The summed E-state index contributed by atoms with van der Waals surface area (Å²) in [6, 6.07) is 10.0. The fourth-order valence-corrected chi connectivity index (χ4v) is 5.50. The number of benzene rings is 1. The van der Waals surface area contributed by atoms with Crippen LogP contribution in [0.25, 0.3) is 0 Å². The van der Waals surface area contributed by atoms with Crippen molar-refractivity contribution in [1.82, 2.24) is 0 Å². The average Bonchev–Trinajstić information content (AvgIpc) is 2.91.